The van der Waals surface area contributed by atoms with Crippen LogP contribution in [0.25, 0.3) is 0 Å². The number of carbonyl (C=O) groups is 1. The fourth-order valence-electron chi connectivity index (χ4n) is 3.56. The molecule has 33 heavy (non-hydrogen) atoms. The van der Waals surface area contributed by atoms with Crippen LogP contribution in [0.3, 0.4) is 0 Å². The highest BCUT2D eigenvalue weighted by Gasteiger charge is 2.35. The van der Waals surface area contributed by atoms with Gasteiger partial charge in [0.2, 0.25) is 5.95 Å². The van der Waals surface area contributed by atoms with Crippen LogP contribution in [0.15, 0.2) is 70.9 Å². The predicted octanol–water partition coefficient (Wildman–Crippen LogP) is 4.04. The molecule has 9 nitrogen and oxygen atoms in total. The number of tetrazole rings is 1. The van der Waals surface area contributed by atoms with Crippen LogP contribution in [0.5, 0.6) is 11.5 Å². The molecule has 3 aromatic rings. The Morgan fingerprint density at radius 2 is 2.09 bits per heavy atom. The molecule has 0 saturated heterocycles. The van der Waals surface area contributed by atoms with Gasteiger partial charge in [0.1, 0.15) is 19.3 Å². The zero-order chi connectivity index (χ0) is 23.4. The van der Waals surface area contributed by atoms with Crippen LogP contribution in [0.2, 0.25) is 0 Å². The molecule has 1 aromatic heterocycles. The molecule has 4 rings (SSSR count). The maximum absolute atomic E-state index is 12.9. The number of methoxy groups -OCH3 is 1. The van der Waals surface area contributed by atoms with Gasteiger partial charge in [0.05, 0.1) is 17.2 Å². The molecule has 10 heteroatoms. The van der Waals surface area contributed by atoms with Gasteiger partial charge < -0.3 is 19.5 Å². The maximum atomic E-state index is 12.9. The van der Waals surface area contributed by atoms with E-state index in [1.807, 2.05) is 36.4 Å². The number of allylic oxidation sites excluding steroid dienone is 1. The minimum Gasteiger partial charge on any atom is -0.493 e. The average molecular weight is 512 g/mol. The number of halogens is 1. The number of anilines is 1. The van der Waals surface area contributed by atoms with E-state index < -0.39 is 12.0 Å². The topological polar surface area (TPSA) is 100 Å². The Labute approximate surface area is 199 Å². The minimum absolute atomic E-state index is 0.0874. The molecule has 0 bridgehead atoms. The predicted molar refractivity (Wildman–Crippen MR) is 125 cm³/mol. The Balaban J connectivity index is 1.73. The first-order chi connectivity index (χ1) is 16.0. The molecule has 0 fully saturated rings. The van der Waals surface area contributed by atoms with Crippen molar-refractivity contribution >= 4 is 27.8 Å². The summed E-state index contributed by atoms with van der Waals surface area (Å²) in [6.45, 7) is 5.84. The van der Waals surface area contributed by atoms with Gasteiger partial charge in [0.15, 0.2) is 11.5 Å². The first-order valence-electron chi connectivity index (χ1n) is 10.1. The Morgan fingerprint density at radius 3 is 2.82 bits per heavy atom. The first kappa shape index (κ1) is 22.5. The number of nitrogens with zero attached hydrogens (tertiary/aromatic N) is 4. The van der Waals surface area contributed by atoms with Crippen molar-refractivity contribution in [3.8, 4) is 11.5 Å². The first-order valence-corrected chi connectivity index (χ1v) is 10.9. The van der Waals surface area contributed by atoms with Gasteiger partial charge in [-0.2, -0.15) is 4.68 Å². The summed E-state index contributed by atoms with van der Waals surface area (Å²) in [5.74, 6) is 0.968. The molecule has 0 spiro atoms. The quantitative estimate of drug-likeness (QED) is 0.357. The lowest BCUT2D eigenvalue weighted by atomic mass is 9.95. The lowest BCUT2D eigenvalue weighted by Crippen LogP contribution is -2.29. The van der Waals surface area contributed by atoms with Crippen molar-refractivity contribution in [2.45, 2.75) is 19.6 Å². The second-order valence-electron chi connectivity index (χ2n) is 7.21. The molecule has 0 saturated carbocycles. The van der Waals surface area contributed by atoms with Crippen molar-refractivity contribution < 1.29 is 19.0 Å². The summed E-state index contributed by atoms with van der Waals surface area (Å²) in [7, 11) is 1.56. The molecule has 1 atom stereocenters. The largest absolute Gasteiger partial charge is 0.493 e. The molecule has 1 unspecified atom stereocenters. The zero-order valence-electron chi connectivity index (χ0n) is 18.1. The highest BCUT2D eigenvalue weighted by molar-refractivity contribution is 9.10. The van der Waals surface area contributed by atoms with E-state index in [4.69, 9.17) is 14.2 Å². The van der Waals surface area contributed by atoms with Gasteiger partial charge in [0.25, 0.3) is 0 Å². The number of fused-ring (bicyclic) bond motifs is 1. The fourth-order valence-corrected chi connectivity index (χ4v) is 4.14. The van der Waals surface area contributed by atoms with Crippen LogP contribution < -0.4 is 14.8 Å². The number of hydrogen-bond acceptors (Lipinski definition) is 8. The van der Waals surface area contributed by atoms with Gasteiger partial charge in [-0.1, -0.05) is 48.1 Å². The summed E-state index contributed by atoms with van der Waals surface area (Å²) < 4.78 is 19.2. The molecular formula is C23H22BrN5O4. The SMILES string of the molecule is C=CCOC(=O)C1=C(C)Nc2nnnn2C1c1cc(Br)c(OCc2ccccc2)c(OC)c1. The summed E-state index contributed by atoms with van der Waals surface area (Å²) in [6, 6.07) is 12.9. The summed E-state index contributed by atoms with van der Waals surface area (Å²) in [5, 5.41) is 14.9. The van der Waals surface area contributed by atoms with Crippen LogP contribution in [0.1, 0.15) is 24.1 Å². The van der Waals surface area contributed by atoms with E-state index in [0.717, 1.165) is 5.56 Å². The van der Waals surface area contributed by atoms with Crippen LogP contribution >= 0.6 is 15.9 Å². The zero-order valence-corrected chi connectivity index (χ0v) is 19.7. The highest BCUT2D eigenvalue weighted by Crippen LogP contribution is 2.42. The van der Waals surface area contributed by atoms with Crippen molar-refractivity contribution in [3.63, 3.8) is 0 Å². The number of ether oxygens (including phenoxy) is 3. The van der Waals surface area contributed by atoms with Crippen LogP contribution in [0, 0.1) is 0 Å². The van der Waals surface area contributed by atoms with E-state index in [1.54, 1.807) is 20.1 Å². The molecule has 1 aliphatic heterocycles. The molecule has 2 heterocycles. The minimum atomic E-state index is -0.637. The summed E-state index contributed by atoms with van der Waals surface area (Å²) >= 11 is 3.60. The number of aromatic nitrogens is 4. The second-order valence-corrected chi connectivity index (χ2v) is 8.06. The monoisotopic (exact) mass is 511 g/mol. The van der Waals surface area contributed by atoms with Crippen molar-refractivity contribution in [1.82, 2.24) is 20.2 Å². The second kappa shape index (κ2) is 9.86. The number of hydrogen-bond donors (Lipinski definition) is 1. The third-order valence-electron chi connectivity index (χ3n) is 5.06. The van der Waals surface area contributed by atoms with E-state index in [0.29, 0.717) is 45.4 Å². The van der Waals surface area contributed by atoms with Gasteiger partial charge in [0, 0.05) is 5.70 Å². The van der Waals surface area contributed by atoms with Gasteiger partial charge in [-0.15, -0.1) is 0 Å². The number of benzene rings is 2. The van der Waals surface area contributed by atoms with Gasteiger partial charge in [-0.25, -0.2) is 4.79 Å². The van der Waals surface area contributed by atoms with Crippen molar-refractivity contribution in [3.05, 3.63) is 82.0 Å². The van der Waals surface area contributed by atoms with Crippen molar-refractivity contribution in [1.29, 1.82) is 0 Å². The van der Waals surface area contributed by atoms with Crippen molar-refractivity contribution in [2.75, 3.05) is 19.0 Å². The van der Waals surface area contributed by atoms with Gasteiger partial charge in [-0.05, 0) is 56.5 Å². The Morgan fingerprint density at radius 1 is 1.30 bits per heavy atom. The number of carbonyl (C=O) groups excluding carboxylic acids is 1. The van der Waals surface area contributed by atoms with E-state index in [9.17, 15) is 4.79 Å². The molecule has 0 aliphatic carbocycles. The average Bonchev–Trinajstić information content (AvgIpc) is 3.29. The van der Waals surface area contributed by atoms with Crippen LogP contribution in [-0.2, 0) is 16.1 Å². The standard InChI is InChI=1S/C23H22BrN5O4/c1-4-10-32-22(30)19-14(2)25-23-26-27-28-29(23)20(19)16-11-17(24)21(18(12-16)31-3)33-13-15-8-6-5-7-9-15/h4-9,11-12,20H,1,10,13H2,2-3H3,(H,25,26,28). The molecular weight excluding hydrogens is 490 g/mol. The third kappa shape index (κ3) is 4.61. The number of esters is 1. The van der Waals surface area contributed by atoms with Gasteiger partial charge >= 0.3 is 5.97 Å². The van der Waals surface area contributed by atoms with Crippen molar-refractivity contribution in [2.24, 2.45) is 0 Å². The lowest BCUT2D eigenvalue weighted by Gasteiger charge is -2.28. The van der Waals surface area contributed by atoms with Crippen LogP contribution in [0.4, 0.5) is 5.95 Å². The third-order valence-corrected chi connectivity index (χ3v) is 5.65. The molecule has 2 aromatic carbocycles. The number of rotatable bonds is 8. The molecule has 0 amide bonds. The fraction of sp³-hybridized carbons (Fsp3) is 0.217. The normalized spacial score (nSPS) is 14.8. The highest BCUT2D eigenvalue weighted by atomic mass is 79.9. The Bertz CT molecular complexity index is 1210. The molecule has 1 N–H and O–H groups in total. The lowest BCUT2D eigenvalue weighted by molar-refractivity contribution is -0.138. The summed E-state index contributed by atoms with van der Waals surface area (Å²) in [4.78, 5) is 12.9. The van der Waals surface area contributed by atoms with E-state index in [2.05, 4.69) is 43.4 Å². The Kier molecular flexibility index (Phi) is 6.74. The Hall–Kier alpha value is -3.66. The summed E-state index contributed by atoms with van der Waals surface area (Å²) in [5.41, 5.74) is 2.71. The smallest absolute Gasteiger partial charge is 0.338 e. The molecule has 1 aliphatic rings. The van der Waals surface area contributed by atoms with Crippen LogP contribution in [-0.4, -0.2) is 39.9 Å². The van der Waals surface area contributed by atoms with E-state index in [1.165, 1.54) is 10.8 Å². The summed E-state index contributed by atoms with van der Waals surface area (Å²) in [6.07, 6.45) is 1.51. The van der Waals surface area contributed by atoms with Gasteiger partial charge in [-0.3, -0.25) is 0 Å². The molecule has 0 radical (unpaired) electrons. The molecule has 170 valence electrons. The maximum Gasteiger partial charge on any atom is 0.338 e. The van der Waals surface area contributed by atoms with E-state index >= 15 is 0 Å². The van der Waals surface area contributed by atoms with E-state index in [-0.39, 0.29) is 6.61 Å². The number of nitrogens with one attached hydrogen (secondary N) is 1.